The number of nitrogens with zero attached hydrogens (tertiary/aromatic N) is 2. The molecular formula is C16H20N2O2. The van der Waals surface area contributed by atoms with Gasteiger partial charge in [0.15, 0.2) is 0 Å². The topological polar surface area (TPSA) is 45.5 Å². The van der Waals surface area contributed by atoms with Gasteiger partial charge in [0.05, 0.1) is 6.61 Å². The summed E-state index contributed by atoms with van der Waals surface area (Å²) in [5, 5.41) is 9.16. The van der Waals surface area contributed by atoms with Gasteiger partial charge < -0.3 is 9.67 Å². The van der Waals surface area contributed by atoms with Gasteiger partial charge in [-0.3, -0.25) is 9.69 Å². The lowest BCUT2D eigenvalue weighted by Crippen LogP contribution is -2.32. The van der Waals surface area contributed by atoms with Gasteiger partial charge in [0, 0.05) is 38.4 Å². The van der Waals surface area contributed by atoms with Crippen LogP contribution in [0.2, 0.25) is 0 Å². The lowest BCUT2D eigenvalue weighted by atomic mass is 10.2. The lowest BCUT2D eigenvalue weighted by Gasteiger charge is -2.21. The molecule has 0 fully saturated rings. The molecule has 1 aromatic heterocycles. The fraction of sp³-hybridized carbons (Fsp3) is 0.312. The molecule has 2 rings (SSSR count). The summed E-state index contributed by atoms with van der Waals surface area (Å²) in [6.07, 6.45) is 1.79. The maximum Gasteiger partial charge on any atom is 0.250 e. The van der Waals surface area contributed by atoms with Gasteiger partial charge in [0.1, 0.15) is 0 Å². The predicted octanol–water partition coefficient (Wildman–Crippen LogP) is 1.34. The van der Waals surface area contributed by atoms with Crippen molar-refractivity contribution in [2.24, 2.45) is 0 Å². The molecular weight excluding hydrogens is 252 g/mol. The van der Waals surface area contributed by atoms with Crippen LogP contribution in [0.1, 0.15) is 5.56 Å². The van der Waals surface area contributed by atoms with Gasteiger partial charge in [-0.25, -0.2) is 0 Å². The van der Waals surface area contributed by atoms with Gasteiger partial charge in [0.2, 0.25) is 0 Å². The van der Waals surface area contributed by atoms with Crippen LogP contribution in [-0.4, -0.2) is 34.3 Å². The first-order valence-corrected chi connectivity index (χ1v) is 6.82. The molecule has 0 spiro atoms. The zero-order valence-corrected chi connectivity index (χ0v) is 11.5. The van der Waals surface area contributed by atoms with E-state index in [1.165, 1.54) is 5.56 Å². The highest BCUT2D eigenvalue weighted by molar-refractivity contribution is 5.14. The summed E-state index contributed by atoms with van der Waals surface area (Å²) in [5.41, 5.74) is 1.22. The maximum atomic E-state index is 11.6. The molecule has 1 N–H and O–H groups in total. The van der Waals surface area contributed by atoms with E-state index in [2.05, 4.69) is 17.0 Å². The van der Waals surface area contributed by atoms with Crippen molar-refractivity contribution >= 4 is 0 Å². The Kier molecular flexibility index (Phi) is 5.53. The Labute approximate surface area is 118 Å². The molecule has 0 aliphatic carbocycles. The summed E-state index contributed by atoms with van der Waals surface area (Å²) in [4.78, 5) is 13.8. The third kappa shape index (κ3) is 4.33. The molecule has 0 radical (unpaired) electrons. The second-order valence-corrected chi connectivity index (χ2v) is 4.72. The first kappa shape index (κ1) is 14.5. The van der Waals surface area contributed by atoms with Crippen LogP contribution >= 0.6 is 0 Å². The van der Waals surface area contributed by atoms with Crippen LogP contribution in [0, 0.1) is 0 Å². The number of benzene rings is 1. The number of pyridine rings is 1. The highest BCUT2D eigenvalue weighted by Gasteiger charge is 2.06. The molecule has 0 unspecified atom stereocenters. The largest absolute Gasteiger partial charge is 0.395 e. The smallest absolute Gasteiger partial charge is 0.250 e. The lowest BCUT2D eigenvalue weighted by molar-refractivity contribution is 0.185. The first-order valence-electron chi connectivity index (χ1n) is 6.82. The minimum absolute atomic E-state index is 0.0103. The standard InChI is InChI=1S/C16H20N2O2/c19-13-12-17(14-15-6-2-1-3-7-15)10-11-18-9-5-4-8-16(18)20/h1-9,19H,10-14H2. The van der Waals surface area contributed by atoms with E-state index in [0.717, 1.165) is 13.1 Å². The number of hydrogen-bond acceptors (Lipinski definition) is 3. The van der Waals surface area contributed by atoms with Crippen molar-refractivity contribution in [3.63, 3.8) is 0 Å². The maximum absolute atomic E-state index is 11.6. The van der Waals surface area contributed by atoms with Gasteiger partial charge in [-0.1, -0.05) is 36.4 Å². The number of aliphatic hydroxyl groups excluding tert-OH is 1. The van der Waals surface area contributed by atoms with Gasteiger partial charge in [-0.2, -0.15) is 0 Å². The van der Waals surface area contributed by atoms with E-state index in [9.17, 15) is 4.79 Å². The predicted molar refractivity (Wildman–Crippen MR) is 79.5 cm³/mol. The van der Waals surface area contributed by atoms with Crippen molar-refractivity contribution in [2.75, 3.05) is 19.7 Å². The minimum atomic E-state index is 0.0103. The van der Waals surface area contributed by atoms with E-state index in [4.69, 9.17) is 5.11 Å². The Bertz CT molecular complexity index is 566. The van der Waals surface area contributed by atoms with Crippen LogP contribution in [0.3, 0.4) is 0 Å². The second kappa shape index (κ2) is 7.62. The SMILES string of the molecule is O=c1ccccn1CCN(CCO)Cc1ccccc1. The molecule has 0 aliphatic heterocycles. The van der Waals surface area contributed by atoms with Crippen LogP contribution in [0.4, 0.5) is 0 Å². The molecule has 1 aromatic carbocycles. The van der Waals surface area contributed by atoms with E-state index >= 15 is 0 Å². The Balaban J connectivity index is 1.96. The summed E-state index contributed by atoms with van der Waals surface area (Å²) in [7, 11) is 0. The van der Waals surface area contributed by atoms with Crippen LogP contribution in [0.25, 0.3) is 0 Å². The van der Waals surface area contributed by atoms with E-state index in [1.807, 2.05) is 24.3 Å². The average molecular weight is 272 g/mol. The van der Waals surface area contributed by atoms with Crippen LogP contribution in [-0.2, 0) is 13.1 Å². The van der Waals surface area contributed by atoms with Crippen LogP contribution in [0.15, 0.2) is 59.5 Å². The fourth-order valence-electron chi connectivity index (χ4n) is 2.15. The Morgan fingerprint density at radius 2 is 1.75 bits per heavy atom. The summed E-state index contributed by atoms with van der Waals surface area (Å²) >= 11 is 0. The van der Waals surface area contributed by atoms with Crippen LogP contribution in [0.5, 0.6) is 0 Å². The van der Waals surface area contributed by atoms with Crippen molar-refractivity contribution in [3.05, 3.63) is 70.6 Å². The summed E-state index contributed by atoms with van der Waals surface area (Å²) < 4.78 is 1.69. The van der Waals surface area contributed by atoms with Crippen molar-refractivity contribution in [1.29, 1.82) is 0 Å². The summed E-state index contributed by atoms with van der Waals surface area (Å²) in [6.45, 7) is 2.88. The molecule has 4 heteroatoms. The number of hydrogen-bond donors (Lipinski definition) is 1. The first-order chi connectivity index (χ1) is 9.79. The summed E-state index contributed by atoms with van der Waals surface area (Å²) in [5.74, 6) is 0. The molecule has 0 aliphatic rings. The van der Waals surface area contributed by atoms with Gasteiger partial charge >= 0.3 is 0 Å². The number of aliphatic hydroxyl groups is 1. The fourth-order valence-corrected chi connectivity index (χ4v) is 2.15. The molecule has 20 heavy (non-hydrogen) atoms. The highest BCUT2D eigenvalue weighted by Crippen LogP contribution is 2.04. The monoisotopic (exact) mass is 272 g/mol. The Morgan fingerprint density at radius 1 is 1.00 bits per heavy atom. The molecule has 0 bridgehead atoms. The van der Waals surface area contributed by atoms with Gasteiger partial charge in [0.25, 0.3) is 5.56 Å². The number of rotatable bonds is 7. The number of aromatic nitrogens is 1. The molecule has 0 amide bonds. The quantitative estimate of drug-likeness (QED) is 0.827. The normalized spacial score (nSPS) is 10.9. The zero-order chi connectivity index (χ0) is 14.2. The van der Waals surface area contributed by atoms with Crippen molar-refractivity contribution in [1.82, 2.24) is 9.47 Å². The zero-order valence-electron chi connectivity index (χ0n) is 11.5. The Hall–Kier alpha value is -1.91. The van der Waals surface area contributed by atoms with E-state index in [-0.39, 0.29) is 12.2 Å². The van der Waals surface area contributed by atoms with Crippen LogP contribution < -0.4 is 5.56 Å². The van der Waals surface area contributed by atoms with E-state index in [1.54, 1.807) is 22.9 Å². The minimum Gasteiger partial charge on any atom is -0.395 e. The van der Waals surface area contributed by atoms with E-state index < -0.39 is 0 Å². The molecule has 0 atom stereocenters. The molecule has 1 heterocycles. The average Bonchev–Trinajstić information content (AvgIpc) is 2.47. The highest BCUT2D eigenvalue weighted by atomic mass is 16.3. The molecule has 0 saturated carbocycles. The van der Waals surface area contributed by atoms with Crippen molar-refractivity contribution < 1.29 is 5.11 Å². The van der Waals surface area contributed by atoms with E-state index in [0.29, 0.717) is 13.1 Å². The molecule has 2 aromatic rings. The third-order valence-corrected chi connectivity index (χ3v) is 3.22. The molecule has 0 saturated heterocycles. The van der Waals surface area contributed by atoms with Gasteiger partial charge in [-0.05, 0) is 11.6 Å². The molecule has 106 valence electrons. The Morgan fingerprint density at radius 3 is 2.45 bits per heavy atom. The third-order valence-electron chi connectivity index (χ3n) is 3.22. The van der Waals surface area contributed by atoms with Crippen molar-refractivity contribution in [2.45, 2.75) is 13.1 Å². The van der Waals surface area contributed by atoms with Crippen molar-refractivity contribution in [3.8, 4) is 0 Å². The summed E-state index contributed by atoms with van der Waals surface area (Å²) in [6, 6.07) is 15.3. The van der Waals surface area contributed by atoms with Gasteiger partial charge in [-0.15, -0.1) is 0 Å². The molecule has 4 nitrogen and oxygen atoms in total. The second-order valence-electron chi connectivity index (χ2n) is 4.72.